The standard InChI is InChI=1S/C15H19NO2/c1-12(9-13-5-3-2-4-6-13)16-10-14-7-8-15(11-17)18-14/h2-8,12,16-17H,9-11H2,1H3. The Hall–Kier alpha value is -1.58. The quantitative estimate of drug-likeness (QED) is 0.822. The van der Waals surface area contributed by atoms with Crippen LogP contribution in [0, 0.1) is 0 Å². The van der Waals surface area contributed by atoms with Crippen LogP contribution in [-0.2, 0) is 19.6 Å². The monoisotopic (exact) mass is 245 g/mol. The highest BCUT2D eigenvalue weighted by Crippen LogP contribution is 2.08. The summed E-state index contributed by atoms with van der Waals surface area (Å²) in [5.74, 6) is 1.47. The van der Waals surface area contributed by atoms with Crippen molar-refractivity contribution in [3.63, 3.8) is 0 Å². The molecular formula is C15H19NO2. The van der Waals surface area contributed by atoms with Gasteiger partial charge >= 0.3 is 0 Å². The number of aliphatic hydroxyl groups is 1. The first-order chi connectivity index (χ1) is 8.78. The van der Waals surface area contributed by atoms with Crippen molar-refractivity contribution in [2.75, 3.05) is 0 Å². The van der Waals surface area contributed by atoms with Crippen molar-refractivity contribution in [1.82, 2.24) is 5.32 Å². The Morgan fingerprint density at radius 2 is 1.83 bits per heavy atom. The Bertz CT molecular complexity index is 464. The van der Waals surface area contributed by atoms with Crippen LogP contribution in [-0.4, -0.2) is 11.1 Å². The van der Waals surface area contributed by atoms with Crippen molar-refractivity contribution >= 4 is 0 Å². The predicted octanol–water partition coefficient (Wildman–Crippen LogP) is 2.49. The number of hydrogen-bond donors (Lipinski definition) is 2. The van der Waals surface area contributed by atoms with Gasteiger partial charge < -0.3 is 14.8 Å². The van der Waals surface area contributed by atoms with Gasteiger partial charge in [-0.25, -0.2) is 0 Å². The van der Waals surface area contributed by atoms with Gasteiger partial charge in [0.2, 0.25) is 0 Å². The Labute approximate surface area is 107 Å². The molecular weight excluding hydrogens is 226 g/mol. The van der Waals surface area contributed by atoms with Crippen molar-refractivity contribution in [3.05, 3.63) is 59.5 Å². The summed E-state index contributed by atoms with van der Waals surface area (Å²) in [5.41, 5.74) is 1.33. The first-order valence-electron chi connectivity index (χ1n) is 6.23. The minimum atomic E-state index is -0.0421. The zero-order valence-corrected chi connectivity index (χ0v) is 10.6. The fraction of sp³-hybridized carbons (Fsp3) is 0.333. The molecule has 18 heavy (non-hydrogen) atoms. The van der Waals surface area contributed by atoms with Crippen LogP contribution >= 0.6 is 0 Å². The van der Waals surface area contributed by atoms with Gasteiger partial charge in [-0.2, -0.15) is 0 Å². The average Bonchev–Trinajstić information content (AvgIpc) is 2.85. The van der Waals surface area contributed by atoms with Crippen LogP contribution in [0.2, 0.25) is 0 Å². The van der Waals surface area contributed by atoms with Gasteiger partial charge in [-0.15, -0.1) is 0 Å². The molecule has 0 aliphatic heterocycles. The predicted molar refractivity (Wildman–Crippen MR) is 71.1 cm³/mol. The summed E-state index contributed by atoms with van der Waals surface area (Å²) in [6, 6.07) is 14.5. The molecule has 0 saturated carbocycles. The summed E-state index contributed by atoms with van der Waals surface area (Å²) < 4.78 is 5.42. The van der Waals surface area contributed by atoms with E-state index in [0.29, 0.717) is 18.3 Å². The Kier molecular flexibility index (Phi) is 4.56. The minimum Gasteiger partial charge on any atom is -0.462 e. The first-order valence-corrected chi connectivity index (χ1v) is 6.23. The Balaban J connectivity index is 1.79. The second kappa shape index (κ2) is 6.38. The largest absolute Gasteiger partial charge is 0.462 e. The molecule has 2 aromatic rings. The summed E-state index contributed by atoms with van der Waals surface area (Å²) in [5, 5.41) is 12.3. The van der Waals surface area contributed by atoms with Gasteiger partial charge in [-0.1, -0.05) is 30.3 Å². The molecule has 0 saturated heterocycles. The van der Waals surface area contributed by atoms with E-state index in [1.807, 2.05) is 12.1 Å². The van der Waals surface area contributed by atoms with E-state index in [1.54, 1.807) is 6.07 Å². The van der Waals surface area contributed by atoms with Crippen LogP contribution < -0.4 is 5.32 Å². The molecule has 1 heterocycles. The SMILES string of the molecule is CC(Cc1ccccc1)NCc1ccc(CO)o1. The fourth-order valence-corrected chi connectivity index (χ4v) is 1.92. The highest BCUT2D eigenvalue weighted by molar-refractivity contribution is 5.15. The van der Waals surface area contributed by atoms with Crippen molar-refractivity contribution in [1.29, 1.82) is 0 Å². The van der Waals surface area contributed by atoms with Crippen molar-refractivity contribution in [2.45, 2.75) is 32.5 Å². The molecule has 0 aliphatic carbocycles. The van der Waals surface area contributed by atoms with Gasteiger partial charge in [0.1, 0.15) is 18.1 Å². The van der Waals surface area contributed by atoms with E-state index in [9.17, 15) is 0 Å². The van der Waals surface area contributed by atoms with Crippen LogP contribution in [0.4, 0.5) is 0 Å². The van der Waals surface area contributed by atoms with E-state index in [4.69, 9.17) is 9.52 Å². The van der Waals surface area contributed by atoms with Crippen molar-refractivity contribution in [2.24, 2.45) is 0 Å². The highest BCUT2D eigenvalue weighted by Gasteiger charge is 2.05. The zero-order chi connectivity index (χ0) is 12.8. The van der Waals surface area contributed by atoms with Gasteiger partial charge in [0.05, 0.1) is 6.54 Å². The normalized spacial score (nSPS) is 12.6. The molecule has 2 rings (SSSR count). The molecule has 1 aromatic carbocycles. The topological polar surface area (TPSA) is 45.4 Å². The van der Waals surface area contributed by atoms with Crippen LogP contribution in [0.5, 0.6) is 0 Å². The fourth-order valence-electron chi connectivity index (χ4n) is 1.92. The molecule has 1 unspecified atom stereocenters. The molecule has 3 heteroatoms. The second-order valence-corrected chi connectivity index (χ2v) is 4.50. The van der Waals surface area contributed by atoms with Crippen LogP contribution in [0.15, 0.2) is 46.9 Å². The highest BCUT2D eigenvalue weighted by atomic mass is 16.4. The number of benzene rings is 1. The van der Waals surface area contributed by atoms with Crippen LogP contribution in [0.1, 0.15) is 24.0 Å². The number of aliphatic hydroxyl groups excluding tert-OH is 1. The molecule has 0 fully saturated rings. The van der Waals surface area contributed by atoms with Crippen LogP contribution in [0.25, 0.3) is 0 Å². The van der Waals surface area contributed by atoms with E-state index < -0.39 is 0 Å². The number of hydrogen-bond acceptors (Lipinski definition) is 3. The number of rotatable bonds is 6. The molecule has 0 spiro atoms. The van der Waals surface area contributed by atoms with Gasteiger partial charge in [0.15, 0.2) is 0 Å². The van der Waals surface area contributed by atoms with Gasteiger partial charge in [0, 0.05) is 6.04 Å². The third kappa shape index (κ3) is 3.72. The molecule has 0 amide bonds. The lowest BCUT2D eigenvalue weighted by Crippen LogP contribution is -2.27. The Morgan fingerprint density at radius 3 is 2.50 bits per heavy atom. The first kappa shape index (κ1) is 12.9. The molecule has 1 aromatic heterocycles. The van der Waals surface area contributed by atoms with Gasteiger partial charge in [-0.05, 0) is 31.0 Å². The third-order valence-electron chi connectivity index (χ3n) is 2.88. The molecule has 0 aliphatic rings. The smallest absolute Gasteiger partial charge is 0.129 e. The zero-order valence-electron chi connectivity index (χ0n) is 10.6. The van der Waals surface area contributed by atoms with E-state index in [2.05, 4.69) is 36.5 Å². The minimum absolute atomic E-state index is 0.0421. The van der Waals surface area contributed by atoms with E-state index in [-0.39, 0.29) is 6.61 Å². The lowest BCUT2D eigenvalue weighted by atomic mass is 10.1. The molecule has 2 N–H and O–H groups in total. The molecule has 3 nitrogen and oxygen atoms in total. The lowest BCUT2D eigenvalue weighted by Gasteiger charge is -2.12. The van der Waals surface area contributed by atoms with Crippen molar-refractivity contribution in [3.8, 4) is 0 Å². The third-order valence-corrected chi connectivity index (χ3v) is 2.88. The second-order valence-electron chi connectivity index (χ2n) is 4.50. The molecule has 0 radical (unpaired) electrons. The van der Waals surface area contributed by atoms with E-state index in [0.717, 1.165) is 12.2 Å². The molecule has 1 atom stereocenters. The summed E-state index contributed by atoms with van der Waals surface area (Å²) in [4.78, 5) is 0. The van der Waals surface area contributed by atoms with Gasteiger partial charge in [-0.3, -0.25) is 0 Å². The average molecular weight is 245 g/mol. The summed E-state index contributed by atoms with van der Waals surface area (Å²) in [6.07, 6.45) is 0.994. The summed E-state index contributed by atoms with van der Waals surface area (Å²) in [7, 11) is 0. The maximum atomic E-state index is 8.91. The molecule has 96 valence electrons. The van der Waals surface area contributed by atoms with Crippen LogP contribution in [0.3, 0.4) is 0 Å². The number of furan rings is 1. The summed E-state index contributed by atoms with van der Waals surface area (Å²) >= 11 is 0. The Morgan fingerprint density at radius 1 is 1.11 bits per heavy atom. The maximum Gasteiger partial charge on any atom is 0.129 e. The van der Waals surface area contributed by atoms with Crippen molar-refractivity contribution < 1.29 is 9.52 Å². The van der Waals surface area contributed by atoms with Gasteiger partial charge in [0.25, 0.3) is 0 Å². The number of nitrogens with one attached hydrogen (secondary N) is 1. The van der Waals surface area contributed by atoms with E-state index >= 15 is 0 Å². The lowest BCUT2D eigenvalue weighted by molar-refractivity contribution is 0.242. The van der Waals surface area contributed by atoms with E-state index in [1.165, 1.54) is 5.56 Å². The molecule has 0 bridgehead atoms. The maximum absolute atomic E-state index is 8.91. The summed E-state index contributed by atoms with van der Waals surface area (Å²) in [6.45, 7) is 2.80.